The number of nitrogens with one attached hydrogen (secondary N) is 1. The normalized spacial score (nSPS) is 46.0. The van der Waals surface area contributed by atoms with E-state index in [-0.39, 0.29) is 0 Å². The molecule has 0 aromatic rings. The molecule has 1 N–H and O–H groups in total. The molecule has 2 nitrogen and oxygen atoms in total. The van der Waals surface area contributed by atoms with E-state index in [1.165, 1.54) is 58.0 Å². The van der Waals surface area contributed by atoms with Gasteiger partial charge in [0.15, 0.2) is 0 Å². The van der Waals surface area contributed by atoms with Crippen molar-refractivity contribution >= 4 is 0 Å². The summed E-state index contributed by atoms with van der Waals surface area (Å²) in [7, 11) is 0. The minimum absolute atomic E-state index is 0.783. The maximum atomic E-state index is 3.93. The zero-order valence-electron chi connectivity index (χ0n) is 12.2. The number of hydrogen-bond acceptors (Lipinski definition) is 2. The van der Waals surface area contributed by atoms with Gasteiger partial charge in [0.1, 0.15) is 0 Å². The molecule has 2 heterocycles. The van der Waals surface area contributed by atoms with Gasteiger partial charge >= 0.3 is 0 Å². The lowest BCUT2D eigenvalue weighted by atomic mass is 9.85. The quantitative estimate of drug-likeness (QED) is 0.810. The minimum Gasteiger partial charge on any atom is -0.310 e. The summed E-state index contributed by atoms with van der Waals surface area (Å²) in [6.45, 7) is 7.47. The Morgan fingerprint density at radius 2 is 1.89 bits per heavy atom. The molecule has 3 aliphatic rings. The van der Waals surface area contributed by atoms with Crippen molar-refractivity contribution in [2.75, 3.05) is 13.1 Å². The van der Waals surface area contributed by atoms with Gasteiger partial charge in [-0.05, 0) is 50.9 Å². The van der Waals surface area contributed by atoms with Gasteiger partial charge in [0.2, 0.25) is 0 Å². The Morgan fingerprint density at radius 1 is 1.06 bits per heavy atom. The zero-order valence-corrected chi connectivity index (χ0v) is 12.2. The summed E-state index contributed by atoms with van der Waals surface area (Å²) in [5.41, 5.74) is 0. The van der Waals surface area contributed by atoms with E-state index in [0.717, 1.165) is 30.0 Å². The van der Waals surface area contributed by atoms with E-state index in [2.05, 4.69) is 24.1 Å². The predicted octanol–water partition coefficient (Wildman–Crippen LogP) is 3.03. The Balaban J connectivity index is 1.53. The molecule has 0 bridgehead atoms. The molecule has 5 atom stereocenters. The second-order valence-corrected chi connectivity index (χ2v) is 7.24. The summed E-state index contributed by atoms with van der Waals surface area (Å²) in [6.07, 6.45) is 10.1. The summed E-state index contributed by atoms with van der Waals surface area (Å²) in [5, 5.41) is 3.93. The number of rotatable bonds is 2. The van der Waals surface area contributed by atoms with Crippen molar-refractivity contribution < 1.29 is 0 Å². The van der Waals surface area contributed by atoms with Crippen LogP contribution in [0.1, 0.15) is 58.8 Å². The van der Waals surface area contributed by atoms with Crippen LogP contribution in [0.2, 0.25) is 0 Å². The van der Waals surface area contributed by atoms with Crippen molar-refractivity contribution in [1.82, 2.24) is 10.2 Å². The topological polar surface area (TPSA) is 15.3 Å². The van der Waals surface area contributed by atoms with Gasteiger partial charge in [-0.3, -0.25) is 4.90 Å². The molecule has 1 aliphatic carbocycles. The highest BCUT2D eigenvalue weighted by molar-refractivity contribution is 4.95. The molecule has 2 aliphatic heterocycles. The molecule has 104 valence electrons. The maximum Gasteiger partial charge on any atom is 0.0201 e. The average molecular weight is 250 g/mol. The molecule has 0 spiro atoms. The van der Waals surface area contributed by atoms with Crippen molar-refractivity contribution in [3.8, 4) is 0 Å². The van der Waals surface area contributed by atoms with Crippen molar-refractivity contribution in [1.29, 1.82) is 0 Å². The molecule has 0 amide bonds. The highest BCUT2D eigenvalue weighted by Crippen LogP contribution is 2.34. The molecule has 0 aromatic heterocycles. The molecule has 2 heteroatoms. The average Bonchev–Trinajstić information content (AvgIpc) is 2.76. The molecular formula is C16H30N2. The third kappa shape index (κ3) is 2.75. The zero-order chi connectivity index (χ0) is 12.5. The van der Waals surface area contributed by atoms with E-state index < -0.39 is 0 Å². The summed E-state index contributed by atoms with van der Waals surface area (Å²) in [5.74, 6) is 1.91. The lowest BCUT2D eigenvalue weighted by Crippen LogP contribution is -2.47. The van der Waals surface area contributed by atoms with Gasteiger partial charge in [0, 0.05) is 31.2 Å². The minimum atomic E-state index is 0.783. The van der Waals surface area contributed by atoms with Crippen molar-refractivity contribution in [3.05, 3.63) is 0 Å². The van der Waals surface area contributed by atoms with Crippen LogP contribution in [-0.4, -0.2) is 36.1 Å². The van der Waals surface area contributed by atoms with Crippen LogP contribution >= 0.6 is 0 Å². The molecule has 0 radical (unpaired) electrons. The third-order valence-electron chi connectivity index (χ3n) is 5.65. The van der Waals surface area contributed by atoms with Gasteiger partial charge in [-0.1, -0.05) is 19.8 Å². The van der Waals surface area contributed by atoms with Gasteiger partial charge in [0.25, 0.3) is 0 Å². The van der Waals surface area contributed by atoms with Crippen molar-refractivity contribution in [2.24, 2.45) is 11.8 Å². The summed E-state index contributed by atoms with van der Waals surface area (Å²) in [6, 6.07) is 2.46. The SMILES string of the molecule is CC1CCC(C)N(CC2CC3CCCCC3N2)C1. The predicted molar refractivity (Wildman–Crippen MR) is 76.7 cm³/mol. The van der Waals surface area contributed by atoms with E-state index in [4.69, 9.17) is 0 Å². The first-order valence-corrected chi connectivity index (χ1v) is 8.22. The van der Waals surface area contributed by atoms with Crippen LogP contribution in [0.3, 0.4) is 0 Å². The molecule has 0 aromatic carbocycles. The maximum absolute atomic E-state index is 3.93. The lowest BCUT2D eigenvalue weighted by molar-refractivity contribution is 0.114. The van der Waals surface area contributed by atoms with E-state index in [1.807, 2.05) is 0 Å². The summed E-state index contributed by atoms with van der Waals surface area (Å²) in [4.78, 5) is 2.75. The van der Waals surface area contributed by atoms with E-state index in [9.17, 15) is 0 Å². The van der Waals surface area contributed by atoms with E-state index in [1.54, 1.807) is 0 Å². The second kappa shape index (κ2) is 5.50. The number of likely N-dealkylation sites (tertiary alicyclic amines) is 1. The molecule has 18 heavy (non-hydrogen) atoms. The monoisotopic (exact) mass is 250 g/mol. The molecular weight excluding hydrogens is 220 g/mol. The smallest absolute Gasteiger partial charge is 0.0201 e. The largest absolute Gasteiger partial charge is 0.310 e. The van der Waals surface area contributed by atoms with E-state index >= 15 is 0 Å². The van der Waals surface area contributed by atoms with Gasteiger partial charge in [-0.2, -0.15) is 0 Å². The first kappa shape index (κ1) is 12.9. The Morgan fingerprint density at radius 3 is 2.72 bits per heavy atom. The highest BCUT2D eigenvalue weighted by Gasteiger charge is 2.36. The standard InChI is InChI=1S/C16H30N2/c1-12-7-8-13(2)18(10-12)11-15-9-14-5-3-4-6-16(14)17-15/h12-17H,3-11H2,1-2H3. The molecule has 3 fully saturated rings. The van der Waals surface area contributed by atoms with Gasteiger partial charge < -0.3 is 5.32 Å². The number of piperidine rings is 1. The fourth-order valence-electron chi connectivity index (χ4n) is 4.49. The van der Waals surface area contributed by atoms with Gasteiger partial charge in [0.05, 0.1) is 0 Å². The number of fused-ring (bicyclic) bond motifs is 1. The Kier molecular flexibility index (Phi) is 3.95. The van der Waals surface area contributed by atoms with Crippen LogP contribution < -0.4 is 5.32 Å². The van der Waals surface area contributed by atoms with Crippen LogP contribution in [0.4, 0.5) is 0 Å². The first-order valence-electron chi connectivity index (χ1n) is 8.22. The second-order valence-electron chi connectivity index (χ2n) is 7.24. The Hall–Kier alpha value is -0.0800. The van der Waals surface area contributed by atoms with Crippen LogP contribution in [0.5, 0.6) is 0 Å². The first-order chi connectivity index (χ1) is 8.72. The number of hydrogen-bond donors (Lipinski definition) is 1. The van der Waals surface area contributed by atoms with Crippen LogP contribution in [0, 0.1) is 11.8 Å². The van der Waals surface area contributed by atoms with Gasteiger partial charge in [-0.15, -0.1) is 0 Å². The third-order valence-corrected chi connectivity index (χ3v) is 5.65. The summed E-state index contributed by atoms with van der Waals surface area (Å²) < 4.78 is 0. The Labute approximate surface area is 113 Å². The van der Waals surface area contributed by atoms with Crippen molar-refractivity contribution in [2.45, 2.75) is 76.9 Å². The van der Waals surface area contributed by atoms with Crippen LogP contribution in [0.25, 0.3) is 0 Å². The highest BCUT2D eigenvalue weighted by atomic mass is 15.2. The molecule has 3 rings (SSSR count). The van der Waals surface area contributed by atoms with Crippen LogP contribution in [-0.2, 0) is 0 Å². The summed E-state index contributed by atoms with van der Waals surface area (Å²) >= 11 is 0. The number of nitrogens with zero attached hydrogens (tertiary/aromatic N) is 1. The Bertz CT molecular complexity index is 264. The fourth-order valence-corrected chi connectivity index (χ4v) is 4.49. The molecule has 5 unspecified atom stereocenters. The van der Waals surface area contributed by atoms with E-state index in [0.29, 0.717) is 0 Å². The van der Waals surface area contributed by atoms with Gasteiger partial charge in [-0.25, -0.2) is 0 Å². The van der Waals surface area contributed by atoms with Crippen LogP contribution in [0.15, 0.2) is 0 Å². The fraction of sp³-hybridized carbons (Fsp3) is 1.00. The molecule has 1 saturated carbocycles. The lowest BCUT2D eigenvalue weighted by Gasteiger charge is -2.38. The molecule has 2 saturated heterocycles. The van der Waals surface area contributed by atoms with Crippen molar-refractivity contribution in [3.63, 3.8) is 0 Å².